The Balaban J connectivity index is 1.41. The number of benzene rings is 2. The van der Waals surface area contributed by atoms with Gasteiger partial charge in [-0.1, -0.05) is 36.4 Å². The first kappa shape index (κ1) is 25.0. The third-order valence-electron chi connectivity index (χ3n) is 5.89. The highest BCUT2D eigenvalue weighted by Gasteiger charge is 2.34. The summed E-state index contributed by atoms with van der Waals surface area (Å²) in [4.78, 5) is 33.4. The molecule has 2 heterocycles. The van der Waals surface area contributed by atoms with Gasteiger partial charge >= 0.3 is 0 Å². The van der Waals surface area contributed by atoms with Gasteiger partial charge in [0.15, 0.2) is 15.1 Å². The second-order valence-corrected chi connectivity index (χ2v) is 12.1. The number of fused-ring (bicyclic) bond motifs is 1. The highest BCUT2D eigenvalue weighted by molar-refractivity contribution is 7.91. The van der Waals surface area contributed by atoms with E-state index in [0.29, 0.717) is 10.3 Å². The standard InChI is InChI=1S/C26H23FN4O4S2/c1-37(34,35)24(25(33)29-14-23(32)30-17-8-9-17)26-31-21-12-19(27)18(11-22(21)36-26)16-7-10-20(28-13-16)15-5-3-2-4-6-15/h2-7,10-13,17,24H,8-9,14H2,1H3,(H,29,33)(H,30,32). The van der Waals surface area contributed by atoms with Crippen molar-refractivity contribution in [1.29, 1.82) is 0 Å². The molecule has 1 atom stereocenters. The highest BCUT2D eigenvalue weighted by atomic mass is 32.2. The fraction of sp³-hybridized carbons (Fsp3) is 0.231. The average molecular weight is 539 g/mol. The van der Waals surface area contributed by atoms with Crippen LogP contribution in [-0.4, -0.2) is 49.0 Å². The topological polar surface area (TPSA) is 118 Å². The molecule has 4 aromatic rings. The van der Waals surface area contributed by atoms with Gasteiger partial charge in [-0.3, -0.25) is 14.6 Å². The van der Waals surface area contributed by atoms with E-state index in [1.807, 2.05) is 30.3 Å². The number of thiazole rings is 1. The Morgan fingerprint density at radius 2 is 1.86 bits per heavy atom. The van der Waals surface area contributed by atoms with Gasteiger partial charge in [-0.2, -0.15) is 0 Å². The lowest BCUT2D eigenvalue weighted by Gasteiger charge is -2.12. The smallest absolute Gasteiger partial charge is 0.245 e. The van der Waals surface area contributed by atoms with Crippen LogP contribution in [0.15, 0.2) is 60.8 Å². The summed E-state index contributed by atoms with van der Waals surface area (Å²) >= 11 is 0.994. The molecule has 8 nitrogen and oxygen atoms in total. The number of halogens is 1. The summed E-state index contributed by atoms with van der Waals surface area (Å²) in [5.74, 6) is -1.78. The quantitative estimate of drug-likeness (QED) is 0.354. The van der Waals surface area contributed by atoms with Crippen LogP contribution in [-0.2, 0) is 19.4 Å². The van der Waals surface area contributed by atoms with Crippen LogP contribution < -0.4 is 10.6 Å². The second kappa shape index (κ2) is 9.98. The van der Waals surface area contributed by atoms with E-state index >= 15 is 4.39 Å². The molecule has 37 heavy (non-hydrogen) atoms. The summed E-state index contributed by atoms with van der Waals surface area (Å²) in [5, 5.41) is 3.50. The van der Waals surface area contributed by atoms with Crippen molar-refractivity contribution in [3.8, 4) is 22.4 Å². The van der Waals surface area contributed by atoms with E-state index in [1.165, 1.54) is 6.07 Å². The van der Waals surface area contributed by atoms with E-state index < -0.39 is 26.8 Å². The number of pyridine rings is 1. The number of amides is 2. The molecular formula is C26H23FN4O4S2. The molecule has 2 N–H and O–H groups in total. The van der Waals surface area contributed by atoms with E-state index in [4.69, 9.17) is 0 Å². The Morgan fingerprint density at radius 1 is 1.11 bits per heavy atom. The molecule has 190 valence electrons. The Bertz CT molecular complexity index is 1580. The summed E-state index contributed by atoms with van der Waals surface area (Å²) in [6.45, 7) is -0.336. The van der Waals surface area contributed by atoms with Gasteiger partial charge in [0, 0.05) is 41.3 Å². The number of nitrogens with zero attached hydrogens (tertiary/aromatic N) is 2. The largest absolute Gasteiger partial charge is 0.352 e. The molecule has 1 aliphatic carbocycles. The predicted octanol–water partition coefficient (Wildman–Crippen LogP) is 3.64. The lowest BCUT2D eigenvalue weighted by molar-refractivity contribution is -0.126. The summed E-state index contributed by atoms with van der Waals surface area (Å²) < 4.78 is 40.6. The van der Waals surface area contributed by atoms with Crippen molar-refractivity contribution < 1.29 is 22.4 Å². The Labute approximate surface area is 216 Å². The number of hydrogen-bond acceptors (Lipinski definition) is 7. The summed E-state index contributed by atoms with van der Waals surface area (Å²) in [6, 6.07) is 16.1. The highest BCUT2D eigenvalue weighted by Crippen LogP contribution is 2.35. The van der Waals surface area contributed by atoms with Gasteiger partial charge < -0.3 is 10.6 Å². The minimum atomic E-state index is -3.93. The number of aromatic nitrogens is 2. The van der Waals surface area contributed by atoms with Crippen LogP contribution in [0, 0.1) is 5.82 Å². The molecule has 2 aromatic carbocycles. The molecule has 0 radical (unpaired) electrons. The van der Waals surface area contributed by atoms with Crippen molar-refractivity contribution >= 4 is 43.2 Å². The first-order valence-corrected chi connectivity index (χ1v) is 14.3. The molecule has 0 bridgehead atoms. The van der Waals surface area contributed by atoms with E-state index in [1.54, 1.807) is 24.4 Å². The Kier molecular flexibility index (Phi) is 6.74. The first-order valence-electron chi connectivity index (χ1n) is 11.6. The molecule has 0 aliphatic heterocycles. The van der Waals surface area contributed by atoms with Gasteiger partial charge in [0.25, 0.3) is 0 Å². The molecule has 0 spiro atoms. The van der Waals surface area contributed by atoms with Gasteiger partial charge in [0.2, 0.25) is 11.8 Å². The molecule has 5 rings (SSSR count). The van der Waals surface area contributed by atoms with E-state index in [0.717, 1.165) is 41.7 Å². The number of sulfone groups is 1. The van der Waals surface area contributed by atoms with Crippen molar-refractivity contribution in [2.45, 2.75) is 24.1 Å². The fourth-order valence-corrected chi connectivity index (χ4v) is 6.42. The van der Waals surface area contributed by atoms with Crippen LogP contribution >= 0.6 is 11.3 Å². The van der Waals surface area contributed by atoms with Crippen LogP contribution in [0.4, 0.5) is 4.39 Å². The zero-order chi connectivity index (χ0) is 26.2. The van der Waals surface area contributed by atoms with E-state index in [2.05, 4.69) is 20.6 Å². The Hall–Kier alpha value is -3.70. The van der Waals surface area contributed by atoms with Crippen molar-refractivity contribution in [2.24, 2.45) is 0 Å². The van der Waals surface area contributed by atoms with Crippen molar-refractivity contribution in [3.63, 3.8) is 0 Å². The molecule has 1 saturated carbocycles. The molecule has 2 aromatic heterocycles. The zero-order valence-corrected chi connectivity index (χ0v) is 21.4. The summed E-state index contributed by atoms with van der Waals surface area (Å²) in [6.07, 6.45) is 4.29. The van der Waals surface area contributed by atoms with Gasteiger partial charge in [-0.25, -0.2) is 17.8 Å². The van der Waals surface area contributed by atoms with Crippen LogP contribution in [0.1, 0.15) is 23.1 Å². The average Bonchev–Trinajstić information content (AvgIpc) is 3.59. The zero-order valence-electron chi connectivity index (χ0n) is 19.8. The molecule has 1 aliphatic rings. The van der Waals surface area contributed by atoms with Crippen molar-refractivity contribution in [1.82, 2.24) is 20.6 Å². The molecule has 11 heteroatoms. The molecule has 1 unspecified atom stereocenters. The number of carbonyl (C=O) groups excluding carboxylic acids is 2. The molecule has 2 amide bonds. The minimum absolute atomic E-state index is 0.00621. The maximum atomic E-state index is 15.0. The van der Waals surface area contributed by atoms with Crippen LogP contribution in [0.5, 0.6) is 0 Å². The number of rotatable bonds is 8. The van der Waals surface area contributed by atoms with Crippen LogP contribution in [0.2, 0.25) is 0 Å². The van der Waals surface area contributed by atoms with Crippen molar-refractivity contribution in [3.05, 3.63) is 71.6 Å². The van der Waals surface area contributed by atoms with Crippen LogP contribution in [0.25, 0.3) is 32.6 Å². The summed E-state index contributed by atoms with van der Waals surface area (Å²) in [7, 11) is -3.93. The maximum absolute atomic E-state index is 15.0. The predicted molar refractivity (Wildman–Crippen MR) is 140 cm³/mol. The van der Waals surface area contributed by atoms with Gasteiger partial charge in [0.05, 0.1) is 22.5 Å². The first-order chi connectivity index (χ1) is 17.7. The lowest BCUT2D eigenvalue weighted by atomic mass is 10.0. The SMILES string of the molecule is CS(=O)(=O)C(C(=O)NCC(=O)NC1CC1)c1nc2cc(F)c(-c3ccc(-c4ccccc4)nc3)cc2s1. The number of carbonyl (C=O) groups is 2. The number of nitrogens with one attached hydrogen (secondary N) is 2. The third kappa shape index (κ3) is 5.67. The lowest BCUT2D eigenvalue weighted by Crippen LogP contribution is -2.41. The third-order valence-corrected chi connectivity index (χ3v) is 8.42. The second-order valence-electron chi connectivity index (χ2n) is 8.92. The van der Waals surface area contributed by atoms with Gasteiger partial charge in [0.1, 0.15) is 10.8 Å². The summed E-state index contributed by atoms with van der Waals surface area (Å²) in [5.41, 5.74) is 2.76. The van der Waals surface area contributed by atoms with Crippen LogP contribution in [0.3, 0.4) is 0 Å². The molecule has 1 fully saturated rings. The molecule has 0 saturated heterocycles. The van der Waals surface area contributed by atoms with Gasteiger partial charge in [-0.15, -0.1) is 11.3 Å². The normalized spacial score (nSPS) is 14.3. The van der Waals surface area contributed by atoms with E-state index in [-0.39, 0.29) is 34.6 Å². The van der Waals surface area contributed by atoms with E-state index in [9.17, 15) is 18.0 Å². The maximum Gasteiger partial charge on any atom is 0.245 e. The molecular weight excluding hydrogens is 515 g/mol. The van der Waals surface area contributed by atoms with Crippen molar-refractivity contribution in [2.75, 3.05) is 12.8 Å². The Morgan fingerprint density at radius 3 is 2.51 bits per heavy atom. The fourth-order valence-electron chi connectivity index (χ4n) is 3.89. The monoisotopic (exact) mass is 538 g/mol. The van der Waals surface area contributed by atoms with Gasteiger partial charge in [-0.05, 0) is 25.0 Å². The minimum Gasteiger partial charge on any atom is -0.352 e. The number of hydrogen-bond donors (Lipinski definition) is 2.